The van der Waals surface area contributed by atoms with Crippen molar-refractivity contribution >= 4 is 11.8 Å². The second kappa shape index (κ2) is 9.65. The highest BCUT2D eigenvalue weighted by molar-refractivity contribution is 5.68. The van der Waals surface area contributed by atoms with Crippen LogP contribution in [0.3, 0.4) is 0 Å². The number of ether oxygens (including phenoxy) is 1. The number of hydrogen-bond donors (Lipinski definition) is 2. The summed E-state index contributed by atoms with van der Waals surface area (Å²) in [7, 11) is 0. The molecule has 0 aliphatic heterocycles. The lowest BCUT2D eigenvalue weighted by Crippen LogP contribution is -2.10. The third-order valence-electron chi connectivity index (χ3n) is 5.88. The first-order chi connectivity index (χ1) is 15.1. The zero-order chi connectivity index (χ0) is 21.6. The highest BCUT2D eigenvalue weighted by atomic mass is 16.5. The van der Waals surface area contributed by atoms with Gasteiger partial charge < -0.3 is 15.2 Å². The first-order valence-corrected chi connectivity index (χ1v) is 10.8. The molecule has 0 saturated carbocycles. The molecule has 5 nitrogen and oxygen atoms in total. The molecule has 2 N–H and O–H groups in total. The van der Waals surface area contributed by atoms with E-state index in [2.05, 4.69) is 41.5 Å². The van der Waals surface area contributed by atoms with Gasteiger partial charge in [0.25, 0.3) is 0 Å². The van der Waals surface area contributed by atoms with Crippen LogP contribution in [0.15, 0.2) is 60.8 Å². The molecule has 1 aliphatic rings. The van der Waals surface area contributed by atoms with Crippen LogP contribution in [0, 0.1) is 6.92 Å². The average molecular weight is 417 g/mol. The number of fused-ring (bicyclic) bond motifs is 2. The van der Waals surface area contributed by atoms with Crippen molar-refractivity contribution in [2.45, 2.75) is 38.5 Å². The number of benzene rings is 2. The molecule has 0 saturated heterocycles. The van der Waals surface area contributed by atoms with Crippen molar-refractivity contribution in [1.82, 2.24) is 4.98 Å². The number of aliphatic carboxylic acids is 1. The highest BCUT2D eigenvalue weighted by Gasteiger charge is 2.25. The van der Waals surface area contributed by atoms with E-state index < -0.39 is 5.97 Å². The second-order valence-corrected chi connectivity index (χ2v) is 8.09. The van der Waals surface area contributed by atoms with Crippen LogP contribution in [0.4, 0.5) is 5.82 Å². The van der Waals surface area contributed by atoms with Crippen molar-refractivity contribution in [3.05, 3.63) is 88.6 Å². The van der Waals surface area contributed by atoms with Gasteiger partial charge in [-0.25, -0.2) is 4.98 Å². The summed E-state index contributed by atoms with van der Waals surface area (Å²) in [6.45, 7) is 3.53. The van der Waals surface area contributed by atoms with Crippen molar-refractivity contribution in [1.29, 1.82) is 0 Å². The molecule has 1 atom stereocenters. The van der Waals surface area contributed by atoms with E-state index in [1.807, 2.05) is 30.3 Å². The molecule has 160 valence electrons. The largest absolute Gasteiger partial charge is 0.494 e. The molecule has 31 heavy (non-hydrogen) atoms. The fourth-order valence-electron chi connectivity index (χ4n) is 4.31. The number of carboxylic acid groups (broad SMARTS) is 1. The molecule has 0 fully saturated rings. The summed E-state index contributed by atoms with van der Waals surface area (Å²) >= 11 is 0. The number of carbonyl (C=O) groups is 1. The zero-order valence-corrected chi connectivity index (χ0v) is 17.8. The van der Waals surface area contributed by atoms with E-state index in [4.69, 9.17) is 4.74 Å². The van der Waals surface area contributed by atoms with Crippen molar-refractivity contribution in [3.8, 4) is 5.75 Å². The van der Waals surface area contributed by atoms with Gasteiger partial charge >= 0.3 is 5.97 Å². The minimum absolute atomic E-state index is 0.00177. The lowest BCUT2D eigenvalue weighted by atomic mass is 9.87. The minimum Gasteiger partial charge on any atom is -0.494 e. The number of aromatic nitrogens is 1. The third kappa shape index (κ3) is 5.23. The van der Waals surface area contributed by atoms with Crippen LogP contribution in [0.1, 0.15) is 46.6 Å². The van der Waals surface area contributed by atoms with Gasteiger partial charge in [0, 0.05) is 12.7 Å². The smallest absolute Gasteiger partial charge is 0.303 e. The van der Waals surface area contributed by atoms with Gasteiger partial charge in [0.1, 0.15) is 11.6 Å². The normalized spacial score (nSPS) is 14.8. The Morgan fingerprint density at radius 3 is 2.87 bits per heavy atom. The van der Waals surface area contributed by atoms with Gasteiger partial charge in [0.05, 0.1) is 13.0 Å². The van der Waals surface area contributed by atoms with E-state index in [0.717, 1.165) is 37.4 Å². The van der Waals surface area contributed by atoms with Crippen LogP contribution in [0.25, 0.3) is 0 Å². The van der Waals surface area contributed by atoms with Gasteiger partial charge in [-0.05, 0) is 84.2 Å². The van der Waals surface area contributed by atoms with E-state index in [1.165, 1.54) is 27.8 Å². The predicted octanol–water partition coefficient (Wildman–Crippen LogP) is 4.98. The number of pyridine rings is 1. The summed E-state index contributed by atoms with van der Waals surface area (Å²) in [5, 5.41) is 12.7. The van der Waals surface area contributed by atoms with Crippen LogP contribution in [0.2, 0.25) is 0 Å². The Morgan fingerprint density at radius 2 is 2.06 bits per heavy atom. The average Bonchev–Trinajstić information content (AvgIpc) is 2.91. The standard InChI is InChI=1S/C26H28N2O3/c1-18-6-4-7-23-21(17-26(29)30)14-19-9-10-22(15-20(19)16-24(18)23)31-13-5-12-28-25-8-2-3-11-27-25/h2-4,6-11,15,21H,5,12-14,16-17H2,1H3,(H,27,28)(H,29,30). The van der Waals surface area contributed by atoms with Gasteiger partial charge in [0.15, 0.2) is 0 Å². The van der Waals surface area contributed by atoms with E-state index >= 15 is 0 Å². The summed E-state index contributed by atoms with van der Waals surface area (Å²) in [5.74, 6) is 0.985. The maximum Gasteiger partial charge on any atom is 0.303 e. The topological polar surface area (TPSA) is 71.5 Å². The van der Waals surface area contributed by atoms with E-state index in [0.29, 0.717) is 6.61 Å². The zero-order valence-electron chi connectivity index (χ0n) is 17.8. The van der Waals surface area contributed by atoms with Crippen LogP contribution in [-0.2, 0) is 17.6 Å². The fraction of sp³-hybridized carbons (Fsp3) is 0.308. The summed E-state index contributed by atoms with van der Waals surface area (Å²) < 4.78 is 6.01. The molecule has 2 aromatic carbocycles. The van der Waals surface area contributed by atoms with Gasteiger partial charge in [-0.1, -0.05) is 30.3 Å². The third-order valence-corrected chi connectivity index (χ3v) is 5.88. The van der Waals surface area contributed by atoms with Crippen LogP contribution in [0.5, 0.6) is 5.75 Å². The molecule has 0 radical (unpaired) electrons. The summed E-state index contributed by atoms with van der Waals surface area (Å²) in [6.07, 6.45) is 4.35. The van der Waals surface area contributed by atoms with Crippen LogP contribution in [-0.4, -0.2) is 29.2 Å². The summed E-state index contributed by atoms with van der Waals surface area (Å²) in [6, 6.07) is 18.3. The second-order valence-electron chi connectivity index (χ2n) is 8.09. The van der Waals surface area contributed by atoms with E-state index in [1.54, 1.807) is 6.20 Å². The Bertz CT molecular complexity index is 1050. The first kappa shape index (κ1) is 20.9. The highest BCUT2D eigenvalue weighted by Crippen LogP contribution is 2.36. The molecule has 0 amide bonds. The Labute approximate surface area is 183 Å². The number of carboxylic acids is 1. The molecular weight excluding hydrogens is 388 g/mol. The quantitative estimate of drug-likeness (QED) is 0.507. The molecular formula is C26H28N2O3. The van der Waals surface area contributed by atoms with E-state index in [9.17, 15) is 9.90 Å². The number of nitrogens with one attached hydrogen (secondary N) is 1. The lowest BCUT2D eigenvalue weighted by Gasteiger charge is -2.17. The molecule has 1 aromatic heterocycles. The number of rotatable bonds is 8. The van der Waals surface area contributed by atoms with Crippen molar-refractivity contribution in [3.63, 3.8) is 0 Å². The lowest BCUT2D eigenvalue weighted by molar-refractivity contribution is -0.137. The Hall–Kier alpha value is -3.34. The Balaban J connectivity index is 1.43. The summed E-state index contributed by atoms with van der Waals surface area (Å²) in [4.78, 5) is 15.7. The first-order valence-electron chi connectivity index (χ1n) is 10.8. The van der Waals surface area contributed by atoms with Gasteiger partial charge in [-0.15, -0.1) is 0 Å². The van der Waals surface area contributed by atoms with Gasteiger partial charge in [-0.3, -0.25) is 4.79 Å². The van der Waals surface area contributed by atoms with Gasteiger partial charge in [-0.2, -0.15) is 0 Å². The summed E-state index contributed by atoms with van der Waals surface area (Å²) in [5.41, 5.74) is 6.08. The van der Waals surface area contributed by atoms with Gasteiger partial charge in [0.2, 0.25) is 0 Å². The van der Waals surface area contributed by atoms with E-state index in [-0.39, 0.29) is 12.3 Å². The number of aryl methyl sites for hydroxylation is 1. The molecule has 1 aliphatic carbocycles. The minimum atomic E-state index is -0.750. The molecule has 4 rings (SSSR count). The van der Waals surface area contributed by atoms with Crippen LogP contribution >= 0.6 is 0 Å². The molecule has 0 bridgehead atoms. The fourth-order valence-corrected chi connectivity index (χ4v) is 4.31. The maximum absolute atomic E-state index is 11.5. The number of anilines is 1. The molecule has 1 heterocycles. The van der Waals surface area contributed by atoms with Crippen molar-refractivity contribution < 1.29 is 14.6 Å². The SMILES string of the molecule is Cc1cccc2c1Cc1cc(OCCCNc3ccccn3)ccc1CC2CC(=O)O. The monoisotopic (exact) mass is 416 g/mol. The molecule has 3 aromatic rings. The molecule has 0 spiro atoms. The molecule has 1 unspecified atom stereocenters. The Morgan fingerprint density at radius 1 is 1.16 bits per heavy atom. The Kier molecular flexibility index (Phi) is 6.51. The van der Waals surface area contributed by atoms with Crippen molar-refractivity contribution in [2.24, 2.45) is 0 Å². The maximum atomic E-state index is 11.5. The van der Waals surface area contributed by atoms with Crippen molar-refractivity contribution in [2.75, 3.05) is 18.5 Å². The predicted molar refractivity (Wildman–Crippen MR) is 122 cm³/mol. The number of nitrogens with zero attached hydrogens (tertiary/aromatic N) is 1. The molecule has 5 heteroatoms. The van der Waals surface area contributed by atoms with Crippen LogP contribution < -0.4 is 10.1 Å². The number of hydrogen-bond acceptors (Lipinski definition) is 4.